The molecule has 7 heteroatoms. The van der Waals surface area contributed by atoms with E-state index in [4.69, 9.17) is 23.2 Å². The number of benzene rings is 1. The highest BCUT2D eigenvalue weighted by Gasteiger charge is 2.42. The maximum atomic E-state index is 12.6. The third kappa shape index (κ3) is 4.00. The molecule has 1 aromatic rings. The minimum atomic E-state index is -4.45. The van der Waals surface area contributed by atoms with Gasteiger partial charge in [-0.15, -0.1) is 0 Å². The first kappa shape index (κ1) is 15.5. The molecule has 0 aliphatic heterocycles. The van der Waals surface area contributed by atoms with Crippen LogP contribution in [0.5, 0.6) is 0 Å². The Morgan fingerprint density at radius 2 is 1.89 bits per heavy atom. The summed E-state index contributed by atoms with van der Waals surface area (Å²) in [6.07, 6.45) is -8.31. The number of hydrogen-bond acceptors (Lipinski definition) is 1. The lowest BCUT2D eigenvalue weighted by molar-refractivity contribution is -0.301. The van der Waals surface area contributed by atoms with Crippen molar-refractivity contribution in [2.24, 2.45) is 0 Å². The Bertz CT molecular complexity index is 412. The monoisotopic (exact) mass is 304 g/mol. The molecule has 1 atom stereocenters. The van der Waals surface area contributed by atoms with E-state index in [0.717, 1.165) is 0 Å². The van der Waals surface area contributed by atoms with Gasteiger partial charge in [0.25, 0.3) is 0 Å². The van der Waals surface area contributed by atoms with Gasteiger partial charge in [-0.1, -0.05) is 36.2 Å². The maximum Gasteiger partial charge on any atom is 0.416 e. The van der Waals surface area contributed by atoms with Crippen LogP contribution in [0.25, 0.3) is 0 Å². The van der Waals surface area contributed by atoms with Crippen molar-refractivity contribution in [2.75, 3.05) is 6.61 Å². The first-order valence-electron chi connectivity index (χ1n) is 4.99. The van der Waals surface area contributed by atoms with Gasteiger partial charge in [0.15, 0.2) is 0 Å². The van der Waals surface area contributed by atoms with Crippen LogP contribution in [-0.2, 0) is 4.74 Å². The van der Waals surface area contributed by atoms with Gasteiger partial charge in [0.05, 0.1) is 6.61 Å². The van der Waals surface area contributed by atoms with Crippen molar-refractivity contribution in [2.45, 2.75) is 25.4 Å². The molecule has 1 aromatic carbocycles. The zero-order chi connectivity index (χ0) is 13.9. The van der Waals surface area contributed by atoms with E-state index in [1.165, 1.54) is 19.1 Å². The summed E-state index contributed by atoms with van der Waals surface area (Å²) in [6.45, 7) is 0.968. The summed E-state index contributed by atoms with van der Waals surface area (Å²) >= 11 is 11.5. The molecule has 0 amide bonds. The second kappa shape index (κ2) is 6.08. The maximum absolute atomic E-state index is 12.6. The van der Waals surface area contributed by atoms with E-state index < -0.39 is 25.1 Å². The fourth-order valence-corrected chi connectivity index (χ4v) is 1.88. The number of rotatable bonds is 5. The van der Waals surface area contributed by atoms with Gasteiger partial charge in [0.2, 0.25) is 0 Å². The summed E-state index contributed by atoms with van der Waals surface area (Å²) in [5, 5.41) is 0.675. The summed E-state index contributed by atoms with van der Waals surface area (Å²) in [7, 11) is 0. The van der Waals surface area contributed by atoms with Crippen LogP contribution in [0.4, 0.5) is 17.6 Å². The number of alkyl halides is 4. The molecular weight excluding hydrogens is 295 g/mol. The molecule has 0 radical (unpaired) electrons. The first-order chi connectivity index (χ1) is 8.24. The van der Waals surface area contributed by atoms with Gasteiger partial charge in [0, 0.05) is 16.0 Å². The van der Waals surface area contributed by atoms with Crippen molar-refractivity contribution in [3.05, 3.63) is 33.8 Å². The topological polar surface area (TPSA) is 9.23 Å². The van der Waals surface area contributed by atoms with Gasteiger partial charge in [-0.2, -0.15) is 8.78 Å². The average Bonchev–Trinajstić information content (AvgIpc) is 2.25. The third-order valence-corrected chi connectivity index (χ3v) is 2.84. The summed E-state index contributed by atoms with van der Waals surface area (Å²) in [5.41, 5.74) is 0.506. The van der Waals surface area contributed by atoms with Gasteiger partial charge in [-0.05, 0) is 17.7 Å². The van der Waals surface area contributed by atoms with Crippen molar-refractivity contribution in [3.63, 3.8) is 0 Å². The molecule has 0 N–H and O–H groups in total. The van der Waals surface area contributed by atoms with Crippen LogP contribution in [0.15, 0.2) is 18.2 Å². The zero-order valence-corrected chi connectivity index (χ0v) is 10.8. The molecule has 0 aromatic heterocycles. The highest BCUT2D eigenvalue weighted by atomic mass is 35.5. The molecule has 0 spiro atoms. The molecular formula is C11H10Cl2F4O. The largest absolute Gasteiger partial charge is 0.416 e. The zero-order valence-electron chi connectivity index (χ0n) is 9.27. The van der Waals surface area contributed by atoms with Crippen LogP contribution in [-0.4, -0.2) is 19.1 Å². The molecule has 102 valence electrons. The smallest absolute Gasteiger partial charge is 0.315 e. The van der Waals surface area contributed by atoms with E-state index in [9.17, 15) is 17.6 Å². The van der Waals surface area contributed by atoms with Crippen molar-refractivity contribution in [1.82, 2.24) is 0 Å². The van der Waals surface area contributed by atoms with Gasteiger partial charge in [-0.3, -0.25) is 0 Å². The Balaban J connectivity index is 2.69. The Morgan fingerprint density at radius 3 is 2.39 bits per heavy atom. The Morgan fingerprint density at radius 1 is 1.28 bits per heavy atom. The third-order valence-electron chi connectivity index (χ3n) is 2.27. The second-order valence-corrected chi connectivity index (χ2v) is 4.58. The van der Waals surface area contributed by atoms with E-state index in [2.05, 4.69) is 4.74 Å². The van der Waals surface area contributed by atoms with Crippen LogP contribution in [0.2, 0.25) is 10.0 Å². The summed E-state index contributed by atoms with van der Waals surface area (Å²) in [4.78, 5) is 0. The van der Waals surface area contributed by atoms with E-state index in [1.807, 2.05) is 0 Å². The van der Waals surface area contributed by atoms with Crippen LogP contribution in [0.1, 0.15) is 18.4 Å². The molecule has 0 fully saturated rings. The van der Waals surface area contributed by atoms with Crippen LogP contribution < -0.4 is 0 Å². The second-order valence-electron chi connectivity index (χ2n) is 3.74. The van der Waals surface area contributed by atoms with E-state index >= 15 is 0 Å². The lowest BCUT2D eigenvalue weighted by Crippen LogP contribution is -2.31. The number of hydrogen-bond donors (Lipinski definition) is 0. The highest BCUT2D eigenvalue weighted by Crippen LogP contribution is 2.30. The molecule has 0 saturated carbocycles. The lowest BCUT2D eigenvalue weighted by atomic mass is 10.0. The fraction of sp³-hybridized carbons (Fsp3) is 0.455. The molecule has 0 heterocycles. The van der Waals surface area contributed by atoms with Gasteiger partial charge < -0.3 is 4.74 Å². The standard InChI is InChI=1S/C11H10Cl2F4O/c1-6(5-18-11(16,17)10(14)15)8-3-2-7(12)4-9(8)13/h2-4,6,10H,5H2,1H3. The minimum Gasteiger partial charge on any atom is -0.315 e. The van der Waals surface area contributed by atoms with E-state index in [-0.39, 0.29) is 5.02 Å². The molecule has 1 unspecified atom stereocenters. The number of halogens is 6. The normalized spacial score (nSPS) is 14.0. The molecule has 1 nitrogen and oxygen atoms in total. The quantitative estimate of drug-likeness (QED) is 0.698. The molecule has 0 aliphatic rings. The van der Waals surface area contributed by atoms with Crippen molar-refractivity contribution < 1.29 is 22.3 Å². The predicted octanol–water partition coefficient (Wildman–Crippen LogP) is 4.97. The van der Waals surface area contributed by atoms with Crippen LogP contribution in [0.3, 0.4) is 0 Å². The van der Waals surface area contributed by atoms with Gasteiger partial charge in [0.1, 0.15) is 0 Å². The van der Waals surface area contributed by atoms with E-state index in [0.29, 0.717) is 10.6 Å². The SMILES string of the molecule is CC(COC(F)(F)C(F)F)c1ccc(Cl)cc1Cl. The molecule has 18 heavy (non-hydrogen) atoms. The number of ether oxygens (including phenoxy) is 1. The molecule has 1 rings (SSSR count). The van der Waals surface area contributed by atoms with Crippen molar-refractivity contribution >= 4 is 23.2 Å². The molecule has 0 saturated heterocycles. The van der Waals surface area contributed by atoms with Crippen LogP contribution in [0, 0.1) is 0 Å². The van der Waals surface area contributed by atoms with Gasteiger partial charge in [-0.25, -0.2) is 8.78 Å². The predicted molar refractivity (Wildman–Crippen MR) is 61.8 cm³/mol. The summed E-state index contributed by atoms with van der Waals surface area (Å²) < 4.78 is 52.8. The molecule has 0 bridgehead atoms. The van der Waals surface area contributed by atoms with Crippen molar-refractivity contribution in [3.8, 4) is 0 Å². The van der Waals surface area contributed by atoms with Gasteiger partial charge >= 0.3 is 12.5 Å². The average molecular weight is 305 g/mol. The Kier molecular flexibility index (Phi) is 5.25. The Labute approximate surface area is 112 Å². The summed E-state index contributed by atoms with van der Waals surface area (Å²) in [5.74, 6) is -0.556. The Hall–Kier alpha value is -0.520. The highest BCUT2D eigenvalue weighted by molar-refractivity contribution is 6.35. The van der Waals surface area contributed by atoms with Crippen molar-refractivity contribution in [1.29, 1.82) is 0 Å². The van der Waals surface area contributed by atoms with E-state index in [1.54, 1.807) is 6.07 Å². The lowest BCUT2D eigenvalue weighted by Gasteiger charge is -2.19. The first-order valence-corrected chi connectivity index (χ1v) is 5.74. The van der Waals surface area contributed by atoms with Crippen LogP contribution >= 0.6 is 23.2 Å². The minimum absolute atomic E-state index is 0.277. The summed E-state index contributed by atoms with van der Waals surface area (Å²) in [6, 6.07) is 4.52. The molecule has 0 aliphatic carbocycles. The fourth-order valence-electron chi connectivity index (χ4n) is 1.29.